The van der Waals surface area contributed by atoms with E-state index in [1.165, 1.54) is 0 Å². The lowest BCUT2D eigenvalue weighted by atomic mass is 9.88. The second kappa shape index (κ2) is 6.81. The maximum absolute atomic E-state index is 9.02. The number of nitrogens with one attached hydrogen (secondary N) is 1. The molecule has 88 valence electrons. The molecule has 1 unspecified atom stereocenters. The molecule has 0 saturated heterocycles. The molecule has 0 aliphatic heterocycles. The zero-order valence-electron chi connectivity index (χ0n) is 10.8. The van der Waals surface area contributed by atoms with Crippen LogP contribution in [0.25, 0.3) is 0 Å². The van der Waals surface area contributed by atoms with Gasteiger partial charge in [-0.25, -0.2) is 0 Å². The lowest BCUT2D eigenvalue weighted by Gasteiger charge is -2.27. The number of hydrogen-bond donors (Lipinski definition) is 1. The van der Waals surface area contributed by atoms with E-state index in [1.54, 1.807) is 0 Å². The molecule has 1 atom stereocenters. The summed E-state index contributed by atoms with van der Waals surface area (Å²) in [4.78, 5) is 2.35. The highest BCUT2D eigenvalue weighted by molar-refractivity contribution is 4.97. The molecular formula is C12H25N3. The van der Waals surface area contributed by atoms with Crippen LogP contribution in [0.5, 0.6) is 0 Å². The summed E-state index contributed by atoms with van der Waals surface area (Å²) in [5, 5.41) is 12.3. The van der Waals surface area contributed by atoms with Crippen LogP contribution >= 0.6 is 0 Å². The molecule has 15 heavy (non-hydrogen) atoms. The Morgan fingerprint density at radius 2 is 1.80 bits per heavy atom. The van der Waals surface area contributed by atoms with Crippen LogP contribution in [0.4, 0.5) is 0 Å². The fourth-order valence-electron chi connectivity index (χ4n) is 1.45. The van der Waals surface area contributed by atoms with Gasteiger partial charge in [-0.15, -0.1) is 0 Å². The summed E-state index contributed by atoms with van der Waals surface area (Å²) < 4.78 is 0. The fourth-order valence-corrected chi connectivity index (χ4v) is 1.45. The molecule has 0 aliphatic rings. The number of likely N-dealkylation sites (N-methyl/N-ethyl adjacent to an activating group) is 1. The average molecular weight is 211 g/mol. The van der Waals surface area contributed by atoms with Crippen LogP contribution in [0.3, 0.4) is 0 Å². The Morgan fingerprint density at radius 3 is 2.13 bits per heavy atom. The number of hydrogen-bond acceptors (Lipinski definition) is 3. The zero-order chi connectivity index (χ0) is 11.9. The second-order valence-corrected chi connectivity index (χ2v) is 4.91. The number of nitriles is 1. The molecule has 0 bridgehead atoms. The van der Waals surface area contributed by atoms with Gasteiger partial charge in [0.1, 0.15) is 6.04 Å². The first kappa shape index (κ1) is 14.4. The maximum atomic E-state index is 9.02. The lowest BCUT2D eigenvalue weighted by Crippen LogP contribution is -2.42. The number of nitrogens with zero attached hydrogens (tertiary/aromatic N) is 2. The van der Waals surface area contributed by atoms with E-state index in [0.29, 0.717) is 0 Å². The molecule has 0 rings (SSSR count). The third-order valence-corrected chi connectivity index (χ3v) is 2.67. The summed E-state index contributed by atoms with van der Waals surface area (Å²) in [6.07, 6.45) is 0. The van der Waals surface area contributed by atoms with Gasteiger partial charge in [-0.05, 0) is 18.5 Å². The molecule has 3 heteroatoms. The molecule has 0 aromatic heterocycles. The molecule has 3 nitrogen and oxygen atoms in total. The van der Waals surface area contributed by atoms with Crippen LogP contribution < -0.4 is 5.32 Å². The first-order valence-electron chi connectivity index (χ1n) is 5.81. The predicted octanol–water partition coefficient (Wildman–Crippen LogP) is 1.86. The highest BCUT2D eigenvalue weighted by Crippen LogP contribution is 2.18. The summed E-state index contributed by atoms with van der Waals surface area (Å²) >= 11 is 0. The van der Waals surface area contributed by atoms with Crippen molar-refractivity contribution in [3.8, 4) is 6.07 Å². The molecule has 1 N–H and O–H groups in total. The van der Waals surface area contributed by atoms with Crippen molar-refractivity contribution in [2.24, 2.45) is 5.41 Å². The molecule has 0 radical (unpaired) electrons. The minimum atomic E-state index is -0.0620. The molecular weight excluding hydrogens is 186 g/mol. The van der Waals surface area contributed by atoms with Gasteiger partial charge < -0.3 is 10.2 Å². The van der Waals surface area contributed by atoms with Gasteiger partial charge in [0.25, 0.3) is 0 Å². The normalized spacial score (nSPS) is 13.9. The Hall–Kier alpha value is -0.590. The third-order valence-electron chi connectivity index (χ3n) is 2.67. The Morgan fingerprint density at radius 1 is 1.27 bits per heavy atom. The van der Waals surface area contributed by atoms with E-state index in [-0.39, 0.29) is 11.5 Å². The molecule has 0 aromatic carbocycles. The SMILES string of the molecule is CCN(CC)CCNC(C#N)C(C)(C)C. The molecule has 0 heterocycles. The van der Waals surface area contributed by atoms with Crippen molar-refractivity contribution < 1.29 is 0 Å². The molecule has 0 spiro atoms. The van der Waals surface area contributed by atoms with Crippen molar-refractivity contribution in [2.75, 3.05) is 26.2 Å². The van der Waals surface area contributed by atoms with Crippen molar-refractivity contribution in [3.05, 3.63) is 0 Å². The van der Waals surface area contributed by atoms with Gasteiger partial charge in [-0.2, -0.15) is 5.26 Å². The Balaban J connectivity index is 3.89. The topological polar surface area (TPSA) is 39.1 Å². The van der Waals surface area contributed by atoms with E-state index in [9.17, 15) is 0 Å². The van der Waals surface area contributed by atoms with Crippen LogP contribution in [0.15, 0.2) is 0 Å². The first-order chi connectivity index (χ1) is 6.95. The Bertz CT molecular complexity index is 196. The van der Waals surface area contributed by atoms with Crippen LogP contribution in [0.2, 0.25) is 0 Å². The summed E-state index contributed by atoms with van der Waals surface area (Å²) in [5.41, 5.74) is 0.0119. The van der Waals surface area contributed by atoms with E-state index in [4.69, 9.17) is 5.26 Å². The smallest absolute Gasteiger partial charge is 0.100 e. The van der Waals surface area contributed by atoms with E-state index in [1.807, 2.05) is 0 Å². The molecule has 0 aliphatic carbocycles. The standard InChI is InChI=1S/C12H25N3/c1-6-15(7-2)9-8-14-11(10-13)12(3,4)5/h11,14H,6-9H2,1-5H3. The van der Waals surface area contributed by atoms with Gasteiger partial charge in [0.05, 0.1) is 6.07 Å². The minimum Gasteiger partial charge on any atom is -0.303 e. The lowest BCUT2D eigenvalue weighted by molar-refractivity contribution is 0.272. The summed E-state index contributed by atoms with van der Waals surface area (Å²) in [5.74, 6) is 0. The molecule has 0 amide bonds. The van der Waals surface area contributed by atoms with E-state index < -0.39 is 0 Å². The minimum absolute atomic E-state index is 0.0119. The van der Waals surface area contributed by atoms with Crippen LogP contribution in [-0.2, 0) is 0 Å². The van der Waals surface area contributed by atoms with E-state index >= 15 is 0 Å². The Kier molecular flexibility index (Phi) is 6.55. The maximum Gasteiger partial charge on any atom is 0.100 e. The van der Waals surface area contributed by atoms with Crippen molar-refractivity contribution in [3.63, 3.8) is 0 Å². The summed E-state index contributed by atoms with van der Waals surface area (Å²) in [7, 11) is 0. The molecule has 0 saturated carbocycles. The van der Waals surface area contributed by atoms with Crippen molar-refractivity contribution >= 4 is 0 Å². The fraction of sp³-hybridized carbons (Fsp3) is 0.917. The zero-order valence-corrected chi connectivity index (χ0v) is 10.8. The van der Waals surface area contributed by atoms with E-state index in [0.717, 1.165) is 26.2 Å². The summed E-state index contributed by atoms with van der Waals surface area (Å²) in [6.45, 7) is 14.6. The predicted molar refractivity (Wildman–Crippen MR) is 64.6 cm³/mol. The van der Waals surface area contributed by atoms with E-state index in [2.05, 4.69) is 50.9 Å². The highest BCUT2D eigenvalue weighted by Gasteiger charge is 2.23. The first-order valence-corrected chi connectivity index (χ1v) is 5.81. The highest BCUT2D eigenvalue weighted by atomic mass is 15.1. The van der Waals surface area contributed by atoms with Gasteiger partial charge >= 0.3 is 0 Å². The molecule has 0 fully saturated rings. The van der Waals surface area contributed by atoms with Gasteiger partial charge in [-0.1, -0.05) is 34.6 Å². The largest absolute Gasteiger partial charge is 0.303 e. The average Bonchev–Trinajstić information content (AvgIpc) is 2.16. The van der Waals surface area contributed by atoms with Crippen LogP contribution in [-0.4, -0.2) is 37.1 Å². The van der Waals surface area contributed by atoms with Gasteiger partial charge in [-0.3, -0.25) is 0 Å². The van der Waals surface area contributed by atoms with Crippen LogP contribution in [0, 0.1) is 16.7 Å². The number of rotatable bonds is 6. The van der Waals surface area contributed by atoms with Crippen molar-refractivity contribution in [1.82, 2.24) is 10.2 Å². The summed E-state index contributed by atoms with van der Waals surface area (Å²) in [6, 6.07) is 2.26. The second-order valence-electron chi connectivity index (χ2n) is 4.91. The Labute approximate surface area is 94.5 Å². The van der Waals surface area contributed by atoms with Crippen LogP contribution in [0.1, 0.15) is 34.6 Å². The van der Waals surface area contributed by atoms with Crippen molar-refractivity contribution in [2.45, 2.75) is 40.7 Å². The van der Waals surface area contributed by atoms with Gasteiger partial charge in [0.2, 0.25) is 0 Å². The monoisotopic (exact) mass is 211 g/mol. The van der Waals surface area contributed by atoms with Crippen molar-refractivity contribution in [1.29, 1.82) is 5.26 Å². The van der Waals surface area contributed by atoms with Gasteiger partial charge in [0.15, 0.2) is 0 Å². The quantitative estimate of drug-likeness (QED) is 0.729. The third kappa shape index (κ3) is 5.76. The van der Waals surface area contributed by atoms with Gasteiger partial charge in [0, 0.05) is 13.1 Å². The molecule has 0 aromatic rings.